The van der Waals surface area contributed by atoms with Gasteiger partial charge in [0.1, 0.15) is 9.77 Å². The van der Waals surface area contributed by atoms with Crippen molar-refractivity contribution in [2.24, 2.45) is 5.92 Å². The number of halogens is 1. The number of sulfonamides is 1. The van der Waals surface area contributed by atoms with Crippen LogP contribution in [0.25, 0.3) is 0 Å². The van der Waals surface area contributed by atoms with Gasteiger partial charge in [-0.3, -0.25) is 0 Å². The predicted molar refractivity (Wildman–Crippen MR) is 88.4 cm³/mol. The second-order valence-electron chi connectivity index (χ2n) is 5.11. The van der Waals surface area contributed by atoms with Crippen LogP contribution in [-0.2, 0) is 14.8 Å². The summed E-state index contributed by atoms with van der Waals surface area (Å²) in [5.41, 5.74) is 0.565. The Bertz CT molecular complexity index is 610. The number of aryl methyl sites for hydroxylation is 1. The van der Waals surface area contributed by atoms with E-state index in [9.17, 15) is 13.2 Å². The Morgan fingerprint density at radius 3 is 2.86 bits per heavy atom. The molecule has 0 amide bonds. The van der Waals surface area contributed by atoms with Crippen molar-refractivity contribution >= 4 is 39.7 Å². The maximum Gasteiger partial charge on any atom is 0.349 e. The van der Waals surface area contributed by atoms with E-state index in [-0.39, 0.29) is 22.2 Å². The zero-order chi connectivity index (χ0) is 15.5. The Hall–Kier alpha value is -0.670. The Labute approximate surface area is 141 Å². The molecule has 1 aromatic rings. The molecule has 1 saturated heterocycles. The van der Waals surface area contributed by atoms with Crippen molar-refractivity contribution in [3.63, 3.8) is 0 Å². The van der Waals surface area contributed by atoms with Crippen molar-refractivity contribution < 1.29 is 17.9 Å². The molecule has 0 bridgehead atoms. The first-order valence-corrected chi connectivity index (χ1v) is 9.18. The lowest BCUT2D eigenvalue weighted by Crippen LogP contribution is -2.28. The van der Waals surface area contributed by atoms with Gasteiger partial charge in [-0.2, -0.15) is 0 Å². The van der Waals surface area contributed by atoms with Gasteiger partial charge in [-0.15, -0.1) is 23.7 Å². The van der Waals surface area contributed by atoms with Crippen LogP contribution in [0, 0.1) is 12.8 Å². The number of esters is 1. The van der Waals surface area contributed by atoms with Crippen molar-refractivity contribution in [1.29, 1.82) is 0 Å². The third-order valence-electron chi connectivity index (χ3n) is 3.56. The number of carbonyl (C=O) groups excluding carboxylic acids is 1. The van der Waals surface area contributed by atoms with Crippen LogP contribution in [-0.4, -0.2) is 41.1 Å². The lowest BCUT2D eigenvalue weighted by atomic mass is 10.1. The molecule has 9 heteroatoms. The number of hydrogen-bond donors (Lipinski definition) is 2. The van der Waals surface area contributed by atoms with E-state index in [1.54, 1.807) is 12.3 Å². The SMILES string of the molecule is COC(=O)c1scc(C)c1S(=O)(=O)NCCC1CCNC1.Cl. The van der Waals surface area contributed by atoms with Crippen LogP contribution in [0.15, 0.2) is 10.3 Å². The number of ether oxygens (including phenoxy) is 1. The summed E-state index contributed by atoms with van der Waals surface area (Å²) in [5.74, 6) is -0.107. The largest absolute Gasteiger partial charge is 0.465 e. The van der Waals surface area contributed by atoms with Crippen molar-refractivity contribution in [2.45, 2.75) is 24.7 Å². The van der Waals surface area contributed by atoms with Gasteiger partial charge in [0.25, 0.3) is 0 Å². The fraction of sp³-hybridized carbons (Fsp3) is 0.615. The van der Waals surface area contributed by atoms with E-state index in [0.29, 0.717) is 18.0 Å². The summed E-state index contributed by atoms with van der Waals surface area (Å²) in [5, 5.41) is 4.91. The summed E-state index contributed by atoms with van der Waals surface area (Å²) in [6, 6.07) is 0. The maximum atomic E-state index is 12.4. The number of nitrogens with one attached hydrogen (secondary N) is 2. The smallest absolute Gasteiger partial charge is 0.349 e. The first kappa shape index (κ1) is 19.4. The molecular formula is C13H21ClN2O4S2. The maximum absolute atomic E-state index is 12.4. The lowest BCUT2D eigenvalue weighted by molar-refractivity contribution is 0.0602. The van der Waals surface area contributed by atoms with Crippen LogP contribution in [0.2, 0.25) is 0 Å². The molecule has 0 aliphatic carbocycles. The van der Waals surface area contributed by atoms with Gasteiger partial charge >= 0.3 is 5.97 Å². The van der Waals surface area contributed by atoms with Crippen molar-refractivity contribution in [3.05, 3.63) is 15.8 Å². The normalized spacial score (nSPS) is 18.0. The molecule has 1 atom stereocenters. The third-order valence-corrected chi connectivity index (χ3v) is 6.42. The topological polar surface area (TPSA) is 84.5 Å². The molecule has 0 aromatic carbocycles. The molecular weight excluding hydrogens is 348 g/mol. The van der Waals surface area contributed by atoms with Crippen molar-refractivity contribution in [2.75, 3.05) is 26.7 Å². The van der Waals surface area contributed by atoms with E-state index in [1.807, 2.05) is 0 Å². The second kappa shape index (κ2) is 8.26. The molecule has 22 heavy (non-hydrogen) atoms. The first-order valence-electron chi connectivity index (χ1n) is 6.82. The highest BCUT2D eigenvalue weighted by Crippen LogP contribution is 2.27. The molecule has 0 radical (unpaired) electrons. The van der Waals surface area contributed by atoms with Crippen LogP contribution >= 0.6 is 23.7 Å². The average molecular weight is 369 g/mol. The minimum absolute atomic E-state index is 0. The predicted octanol–water partition coefficient (Wildman–Crippen LogP) is 1.54. The van der Waals surface area contributed by atoms with Gasteiger partial charge < -0.3 is 10.1 Å². The van der Waals surface area contributed by atoms with Gasteiger partial charge in [0.05, 0.1) is 7.11 Å². The number of carbonyl (C=O) groups is 1. The summed E-state index contributed by atoms with van der Waals surface area (Å²) >= 11 is 1.09. The summed E-state index contributed by atoms with van der Waals surface area (Å²) in [6.45, 7) is 3.99. The highest BCUT2D eigenvalue weighted by molar-refractivity contribution is 7.89. The van der Waals surface area contributed by atoms with Crippen molar-refractivity contribution in [3.8, 4) is 0 Å². The van der Waals surface area contributed by atoms with Gasteiger partial charge in [-0.1, -0.05) is 0 Å². The van der Waals surface area contributed by atoms with Crippen LogP contribution in [0.4, 0.5) is 0 Å². The summed E-state index contributed by atoms with van der Waals surface area (Å²) in [4.78, 5) is 11.8. The molecule has 126 valence electrons. The molecule has 1 aliphatic heterocycles. The average Bonchev–Trinajstić information content (AvgIpc) is 3.07. The number of thiophene rings is 1. The van der Waals surface area contributed by atoms with E-state index in [0.717, 1.165) is 37.3 Å². The van der Waals surface area contributed by atoms with E-state index < -0.39 is 16.0 Å². The fourth-order valence-electron chi connectivity index (χ4n) is 2.43. The molecule has 2 rings (SSSR count). The van der Waals surface area contributed by atoms with Crippen LogP contribution in [0.3, 0.4) is 0 Å². The highest BCUT2D eigenvalue weighted by atomic mass is 35.5. The molecule has 1 fully saturated rings. The first-order chi connectivity index (χ1) is 9.95. The van der Waals surface area contributed by atoms with Crippen LogP contribution < -0.4 is 10.0 Å². The molecule has 6 nitrogen and oxygen atoms in total. The van der Waals surface area contributed by atoms with Crippen LogP contribution in [0.1, 0.15) is 28.1 Å². The summed E-state index contributed by atoms with van der Waals surface area (Å²) < 4.78 is 32.0. The standard InChI is InChI=1S/C13H20N2O4S2.ClH/c1-9-8-20-11(13(16)19-2)12(9)21(17,18)15-6-4-10-3-5-14-7-10;/h8,10,14-15H,3-7H2,1-2H3;1H. The minimum Gasteiger partial charge on any atom is -0.465 e. The Morgan fingerprint density at radius 1 is 1.55 bits per heavy atom. The monoisotopic (exact) mass is 368 g/mol. The third kappa shape index (κ3) is 4.42. The number of rotatable bonds is 6. The number of methoxy groups -OCH3 is 1. The van der Waals surface area contributed by atoms with E-state index in [4.69, 9.17) is 0 Å². The molecule has 1 aliphatic rings. The summed E-state index contributed by atoms with van der Waals surface area (Å²) in [6.07, 6.45) is 1.87. The fourth-order valence-corrected chi connectivity index (χ4v) is 5.18. The molecule has 1 unspecified atom stereocenters. The van der Waals surface area contributed by atoms with Gasteiger partial charge in [0, 0.05) is 6.54 Å². The molecule has 2 N–H and O–H groups in total. The van der Waals surface area contributed by atoms with E-state index in [1.165, 1.54) is 7.11 Å². The zero-order valence-corrected chi connectivity index (χ0v) is 15.0. The lowest BCUT2D eigenvalue weighted by Gasteiger charge is -2.11. The minimum atomic E-state index is -3.69. The molecule has 2 heterocycles. The highest BCUT2D eigenvalue weighted by Gasteiger charge is 2.27. The molecule has 0 spiro atoms. The Kier molecular flexibility index (Phi) is 7.27. The number of hydrogen-bond acceptors (Lipinski definition) is 6. The quantitative estimate of drug-likeness (QED) is 0.744. The Balaban J connectivity index is 0.00000242. The van der Waals surface area contributed by atoms with Gasteiger partial charge in [0.2, 0.25) is 10.0 Å². The van der Waals surface area contributed by atoms with Crippen LogP contribution in [0.5, 0.6) is 0 Å². The summed E-state index contributed by atoms with van der Waals surface area (Å²) in [7, 11) is -2.44. The molecule has 1 aromatic heterocycles. The van der Waals surface area contributed by atoms with Crippen molar-refractivity contribution in [1.82, 2.24) is 10.0 Å². The van der Waals surface area contributed by atoms with E-state index in [2.05, 4.69) is 14.8 Å². The van der Waals surface area contributed by atoms with Gasteiger partial charge in [-0.05, 0) is 49.7 Å². The second-order valence-corrected chi connectivity index (χ2v) is 7.70. The van der Waals surface area contributed by atoms with Gasteiger partial charge in [-0.25, -0.2) is 17.9 Å². The Morgan fingerprint density at radius 2 is 2.27 bits per heavy atom. The van der Waals surface area contributed by atoms with E-state index >= 15 is 0 Å². The molecule has 0 saturated carbocycles. The zero-order valence-electron chi connectivity index (χ0n) is 12.5. The van der Waals surface area contributed by atoms with Gasteiger partial charge in [0.15, 0.2) is 0 Å².